The number of methoxy groups -OCH3 is 1. The highest BCUT2D eigenvalue weighted by molar-refractivity contribution is 7.80. The minimum Gasteiger partial charge on any atom is -0.465 e. The normalized spacial score (nSPS) is 19.9. The lowest BCUT2D eigenvalue weighted by Gasteiger charge is -2.36. The van der Waals surface area contributed by atoms with Gasteiger partial charge in [0.2, 0.25) is 0 Å². The highest BCUT2D eigenvalue weighted by atomic mass is 32.1. The number of rotatable bonds is 3. The van der Waals surface area contributed by atoms with Crippen LogP contribution in [0.1, 0.15) is 24.2 Å². The topological polar surface area (TPSA) is 50.8 Å². The number of morpholine rings is 1. The summed E-state index contributed by atoms with van der Waals surface area (Å²) in [7, 11) is 1.38. The Morgan fingerprint density at radius 1 is 1.27 bits per heavy atom. The Bertz CT molecular complexity index is 781. The van der Waals surface area contributed by atoms with Crippen molar-refractivity contribution in [2.45, 2.75) is 26.1 Å². The molecule has 0 amide bonds. The molecule has 1 aromatic heterocycles. The van der Waals surface area contributed by atoms with Crippen molar-refractivity contribution >= 4 is 39.6 Å². The first-order valence-electron chi connectivity index (χ1n) is 8.47. The molecule has 7 heteroatoms. The number of nitrogens with one attached hydrogen (secondary N) is 1. The molecule has 2 atom stereocenters. The van der Waals surface area contributed by atoms with Crippen LogP contribution in [0, 0.1) is 0 Å². The summed E-state index contributed by atoms with van der Waals surface area (Å²) in [6, 6.07) is 11.8. The van der Waals surface area contributed by atoms with Crippen LogP contribution in [0.25, 0.3) is 10.4 Å². The van der Waals surface area contributed by atoms with Gasteiger partial charge < -0.3 is 19.7 Å². The third-order valence-corrected chi connectivity index (χ3v) is 5.58. The van der Waals surface area contributed by atoms with Crippen LogP contribution in [-0.2, 0) is 9.47 Å². The van der Waals surface area contributed by atoms with E-state index in [0.717, 1.165) is 23.5 Å². The second-order valence-corrected chi connectivity index (χ2v) is 7.74. The highest BCUT2D eigenvalue weighted by Gasteiger charge is 2.25. The fourth-order valence-electron chi connectivity index (χ4n) is 3.01. The molecule has 1 saturated heterocycles. The number of anilines is 1. The number of carbonyl (C=O) groups is 1. The van der Waals surface area contributed by atoms with Crippen LogP contribution < -0.4 is 5.32 Å². The van der Waals surface area contributed by atoms with Crippen molar-refractivity contribution in [2.75, 3.05) is 25.5 Å². The smallest absolute Gasteiger partial charge is 0.340 e. The molecule has 0 unspecified atom stereocenters. The second-order valence-electron chi connectivity index (χ2n) is 6.30. The molecule has 2 heterocycles. The lowest BCUT2D eigenvalue weighted by atomic mass is 10.1. The van der Waals surface area contributed by atoms with E-state index in [0.29, 0.717) is 15.7 Å². The molecule has 3 rings (SSSR count). The molecular weight excluding hydrogens is 368 g/mol. The molecule has 2 aromatic rings. The highest BCUT2D eigenvalue weighted by Crippen LogP contribution is 2.36. The van der Waals surface area contributed by atoms with E-state index in [9.17, 15) is 4.79 Å². The Morgan fingerprint density at radius 3 is 2.54 bits per heavy atom. The first-order chi connectivity index (χ1) is 12.5. The number of hydrogen-bond acceptors (Lipinski definition) is 5. The molecule has 5 nitrogen and oxygen atoms in total. The summed E-state index contributed by atoms with van der Waals surface area (Å²) in [5, 5.41) is 4.54. The largest absolute Gasteiger partial charge is 0.465 e. The van der Waals surface area contributed by atoms with E-state index in [1.165, 1.54) is 18.4 Å². The standard InChI is InChI=1S/C19H22N2O3S2/c1-12-10-21(11-13(2)24-12)19(25)20-17-15(18(22)23-3)9-16(26-17)14-7-5-4-6-8-14/h4-9,12-13H,10-11H2,1-3H3,(H,20,25)/t12-,13-/m1/s1. The minimum absolute atomic E-state index is 0.113. The van der Waals surface area contributed by atoms with E-state index in [1.54, 1.807) is 0 Å². The number of nitrogens with zero attached hydrogens (tertiary/aromatic N) is 1. The number of thiophene rings is 1. The quantitative estimate of drug-likeness (QED) is 0.631. The van der Waals surface area contributed by atoms with E-state index in [2.05, 4.69) is 10.2 Å². The first kappa shape index (κ1) is 18.8. The van der Waals surface area contributed by atoms with Gasteiger partial charge in [-0.25, -0.2) is 4.79 Å². The molecule has 1 aliphatic heterocycles. The Kier molecular flexibility index (Phi) is 5.90. The Morgan fingerprint density at radius 2 is 1.92 bits per heavy atom. The molecule has 26 heavy (non-hydrogen) atoms. The number of ether oxygens (including phenoxy) is 2. The van der Waals surface area contributed by atoms with Gasteiger partial charge in [-0.3, -0.25) is 0 Å². The second kappa shape index (κ2) is 8.16. The zero-order valence-electron chi connectivity index (χ0n) is 15.0. The molecule has 0 spiro atoms. The van der Waals surface area contributed by atoms with Gasteiger partial charge in [0.15, 0.2) is 5.11 Å². The van der Waals surface area contributed by atoms with Gasteiger partial charge in [0.05, 0.1) is 24.9 Å². The maximum absolute atomic E-state index is 12.2. The van der Waals surface area contributed by atoms with Gasteiger partial charge in [-0.15, -0.1) is 11.3 Å². The van der Waals surface area contributed by atoms with Gasteiger partial charge in [-0.05, 0) is 37.7 Å². The summed E-state index contributed by atoms with van der Waals surface area (Å²) in [6.45, 7) is 5.51. The van der Waals surface area contributed by atoms with E-state index in [4.69, 9.17) is 21.7 Å². The van der Waals surface area contributed by atoms with Gasteiger partial charge >= 0.3 is 5.97 Å². The minimum atomic E-state index is -0.377. The van der Waals surface area contributed by atoms with Crippen molar-refractivity contribution in [3.63, 3.8) is 0 Å². The molecule has 1 N–H and O–H groups in total. The molecule has 0 aliphatic carbocycles. The molecule has 0 radical (unpaired) electrons. The monoisotopic (exact) mass is 390 g/mol. The molecule has 0 saturated carbocycles. The van der Waals surface area contributed by atoms with Crippen molar-refractivity contribution < 1.29 is 14.3 Å². The van der Waals surface area contributed by atoms with Crippen LogP contribution in [-0.4, -0.2) is 48.4 Å². The molecule has 1 aliphatic rings. The molecule has 138 valence electrons. The Balaban J connectivity index is 1.85. The van der Waals surface area contributed by atoms with Crippen LogP contribution in [0.15, 0.2) is 36.4 Å². The molecule has 1 fully saturated rings. The van der Waals surface area contributed by atoms with Crippen LogP contribution in [0.3, 0.4) is 0 Å². The predicted molar refractivity (Wildman–Crippen MR) is 109 cm³/mol. The van der Waals surface area contributed by atoms with Crippen LogP contribution in [0.2, 0.25) is 0 Å². The summed E-state index contributed by atoms with van der Waals surface area (Å²) < 4.78 is 10.7. The van der Waals surface area contributed by atoms with Gasteiger partial charge in [0.1, 0.15) is 5.00 Å². The maximum atomic E-state index is 12.2. The van der Waals surface area contributed by atoms with Crippen molar-refractivity contribution in [2.24, 2.45) is 0 Å². The summed E-state index contributed by atoms with van der Waals surface area (Å²) in [5.74, 6) is -0.377. The van der Waals surface area contributed by atoms with Gasteiger partial charge in [-0.1, -0.05) is 30.3 Å². The third-order valence-electron chi connectivity index (χ3n) is 4.12. The summed E-state index contributed by atoms with van der Waals surface area (Å²) >= 11 is 7.08. The summed E-state index contributed by atoms with van der Waals surface area (Å²) in [5.41, 5.74) is 1.54. The zero-order chi connectivity index (χ0) is 18.7. The van der Waals surface area contributed by atoms with Crippen molar-refractivity contribution in [1.82, 2.24) is 4.90 Å². The van der Waals surface area contributed by atoms with E-state index in [1.807, 2.05) is 50.2 Å². The van der Waals surface area contributed by atoms with E-state index in [-0.39, 0.29) is 18.2 Å². The Labute approximate surface area is 162 Å². The van der Waals surface area contributed by atoms with Crippen LogP contribution in [0.4, 0.5) is 5.00 Å². The third kappa shape index (κ3) is 4.23. The number of benzene rings is 1. The van der Waals surface area contributed by atoms with Crippen molar-refractivity contribution in [3.8, 4) is 10.4 Å². The average molecular weight is 391 g/mol. The van der Waals surface area contributed by atoms with Gasteiger partial charge in [0.25, 0.3) is 0 Å². The first-order valence-corrected chi connectivity index (χ1v) is 9.69. The van der Waals surface area contributed by atoms with Crippen LogP contribution >= 0.6 is 23.6 Å². The van der Waals surface area contributed by atoms with Crippen LogP contribution in [0.5, 0.6) is 0 Å². The molecule has 0 bridgehead atoms. The summed E-state index contributed by atoms with van der Waals surface area (Å²) in [6.07, 6.45) is 0.226. The lowest BCUT2D eigenvalue weighted by molar-refractivity contribution is -0.0473. The van der Waals surface area contributed by atoms with E-state index < -0.39 is 0 Å². The number of esters is 1. The Hall–Kier alpha value is -1.96. The summed E-state index contributed by atoms with van der Waals surface area (Å²) in [4.78, 5) is 15.3. The van der Waals surface area contributed by atoms with E-state index >= 15 is 0 Å². The fourth-order valence-corrected chi connectivity index (χ4v) is 4.38. The molecular formula is C19H22N2O3S2. The van der Waals surface area contributed by atoms with Crippen molar-refractivity contribution in [3.05, 3.63) is 42.0 Å². The van der Waals surface area contributed by atoms with Crippen molar-refractivity contribution in [1.29, 1.82) is 0 Å². The zero-order valence-corrected chi connectivity index (χ0v) is 16.7. The van der Waals surface area contributed by atoms with Gasteiger partial charge in [-0.2, -0.15) is 0 Å². The van der Waals surface area contributed by atoms with Gasteiger partial charge in [0, 0.05) is 18.0 Å². The fraction of sp³-hybridized carbons (Fsp3) is 0.368. The number of carbonyl (C=O) groups excluding carboxylic acids is 1. The molecule has 1 aromatic carbocycles. The SMILES string of the molecule is COC(=O)c1cc(-c2ccccc2)sc1NC(=S)N1C[C@@H](C)O[C@H](C)C1. The number of thiocarbonyl (C=S) groups is 1. The average Bonchev–Trinajstić information content (AvgIpc) is 3.04. The predicted octanol–water partition coefficient (Wildman–Crippen LogP) is 4.01. The maximum Gasteiger partial charge on any atom is 0.340 e. The number of hydrogen-bond donors (Lipinski definition) is 1. The lowest BCUT2D eigenvalue weighted by Crippen LogP contribution is -2.49.